The smallest absolute Gasteiger partial charge is 0.326 e. The molecule has 2 aromatic rings. The minimum atomic E-state index is -0.539. The van der Waals surface area contributed by atoms with Gasteiger partial charge in [0.05, 0.1) is 10.9 Å². The summed E-state index contributed by atoms with van der Waals surface area (Å²) in [6, 6.07) is 3.29. The molecule has 1 unspecified atom stereocenters. The van der Waals surface area contributed by atoms with Crippen LogP contribution in [0.2, 0.25) is 0 Å². The molecule has 2 rings (SSSR count). The number of nitrogens with zero attached hydrogens (tertiary/aromatic N) is 1. The van der Waals surface area contributed by atoms with E-state index in [1.165, 1.54) is 0 Å². The maximum Gasteiger partial charge on any atom is 0.326 e. The third-order valence-electron chi connectivity index (χ3n) is 1.94. The van der Waals surface area contributed by atoms with Crippen LogP contribution in [0.5, 0.6) is 0 Å². The first-order chi connectivity index (χ1) is 7.56. The molecule has 0 saturated heterocycles. The number of H-pyrrole nitrogens is 2. The molecular formula is C9H10N4O2S. The fraction of sp³-hybridized carbons (Fsp3) is 0.222. The Kier molecular flexibility index (Phi) is 2.69. The van der Waals surface area contributed by atoms with Gasteiger partial charge in [-0.15, -0.1) is 0 Å². The monoisotopic (exact) mass is 238 g/mol. The number of rotatable bonds is 2. The second kappa shape index (κ2) is 4.01. The van der Waals surface area contributed by atoms with Crippen molar-refractivity contribution in [3.63, 3.8) is 0 Å². The number of pyridine rings is 1. The van der Waals surface area contributed by atoms with Crippen LogP contribution in [0.15, 0.2) is 21.7 Å². The van der Waals surface area contributed by atoms with Crippen molar-refractivity contribution in [3.05, 3.63) is 33.0 Å². The molecule has 7 heteroatoms. The molecular weight excluding hydrogens is 228 g/mol. The fourth-order valence-corrected chi connectivity index (χ4v) is 1.48. The normalized spacial score (nSPS) is 12.6. The third-order valence-corrected chi connectivity index (χ3v) is 2.07. The summed E-state index contributed by atoms with van der Waals surface area (Å²) >= 11 is 4.15. The van der Waals surface area contributed by atoms with E-state index >= 15 is 0 Å². The van der Waals surface area contributed by atoms with E-state index in [-0.39, 0.29) is 10.9 Å². The van der Waals surface area contributed by atoms with Crippen molar-refractivity contribution >= 4 is 29.5 Å². The van der Waals surface area contributed by atoms with Gasteiger partial charge in [0.2, 0.25) is 0 Å². The largest absolute Gasteiger partial charge is 0.359 e. The number of nitrogens with one attached hydrogen (secondary N) is 3. The Morgan fingerprint density at radius 1 is 1.38 bits per heavy atom. The van der Waals surface area contributed by atoms with Gasteiger partial charge in [-0.05, 0) is 19.1 Å². The molecule has 0 spiro atoms. The molecule has 2 aromatic heterocycles. The van der Waals surface area contributed by atoms with Gasteiger partial charge in [-0.3, -0.25) is 9.78 Å². The highest BCUT2D eigenvalue weighted by atomic mass is 32.1. The molecule has 0 fully saturated rings. The van der Waals surface area contributed by atoms with Crippen molar-refractivity contribution in [2.75, 3.05) is 5.32 Å². The van der Waals surface area contributed by atoms with E-state index in [1.54, 1.807) is 12.1 Å². The van der Waals surface area contributed by atoms with Crippen molar-refractivity contribution in [1.29, 1.82) is 0 Å². The lowest BCUT2D eigenvalue weighted by Gasteiger charge is -2.08. The topological polar surface area (TPSA) is 90.6 Å². The zero-order chi connectivity index (χ0) is 11.7. The molecule has 2 heterocycles. The Hall–Kier alpha value is -1.76. The van der Waals surface area contributed by atoms with E-state index in [2.05, 4.69) is 32.9 Å². The number of aromatic nitrogens is 3. The number of thiol groups is 1. The van der Waals surface area contributed by atoms with E-state index in [0.717, 1.165) is 0 Å². The van der Waals surface area contributed by atoms with Gasteiger partial charge in [0.15, 0.2) is 5.52 Å². The van der Waals surface area contributed by atoms with Crippen molar-refractivity contribution in [2.24, 2.45) is 0 Å². The first kappa shape index (κ1) is 10.7. The van der Waals surface area contributed by atoms with Crippen LogP contribution in [0, 0.1) is 0 Å². The van der Waals surface area contributed by atoms with Crippen molar-refractivity contribution in [3.8, 4) is 0 Å². The molecule has 0 saturated carbocycles. The van der Waals surface area contributed by atoms with Crippen LogP contribution in [-0.2, 0) is 0 Å². The molecule has 16 heavy (non-hydrogen) atoms. The molecule has 0 aliphatic carbocycles. The van der Waals surface area contributed by atoms with Gasteiger partial charge < -0.3 is 10.3 Å². The first-order valence-electron chi connectivity index (χ1n) is 4.64. The van der Waals surface area contributed by atoms with Crippen molar-refractivity contribution < 1.29 is 0 Å². The molecule has 0 aliphatic rings. The second-order valence-corrected chi connectivity index (χ2v) is 4.10. The van der Waals surface area contributed by atoms with Crippen LogP contribution in [0.4, 0.5) is 5.82 Å². The van der Waals surface area contributed by atoms with Crippen molar-refractivity contribution in [1.82, 2.24) is 15.0 Å². The SMILES string of the molecule is CC(S)Nc1ccc2[nH]c(=O)[nH]c(=O)c2n1. The summed E-state index contributed by atoms with van der Waals surface area (Å²) in [4.78, 5) is 31.1. The van der Waals surface area contributed by atoms with Crippen LogP contribution in [-0.4, -0.2) is 20.3 Å². The summed E-state index contributed by atoms with van der Waals surface area (Å²) in [5.74, 6) is 0.535. The maximum atomic E-state index is 11.5. The summed E-state index contributed by atoms with van der Waals surface area (Å²) < 4.78 is 0. The summed E-state index contributed by atoms with van der Waals surface area (Å²) in [7, 11) is 0. The van der Waals surface area contributed by atoms with E-state index in [0.29, 0.717) is 11.3 Å². The van der Waals surface area contributed by atoms with Crippen LogP contribution < -0.4 is 16.6 Å². The predicted molar refractivity (Wildman–Crippen MR) is 65.1 cm³/mol. The number of hydrogen-bond acceptors (Lipinski definition) is 5. The second-order valence-electron chi connectivity index (χ2n) is 3.32. The fourth-order valence-electron chi connectivity index (χ4n) is 1.34. The number of hydrogen-bond donors (Lipinski definition) is 4. The lowest BCUT2D eigenvalue weighted by molar-refractivity contribution is 1.06. The molecule has 1 atom stereocenters. The van der Waals surface area contributed by atoms with Crippen LogP contribution in [0.25, 0.3) is 11.0 Å². The van der Waals surface area contributed by atoms with Crippen LogP contribution in [0.3, 0.4) is 0 Å². The van der Waals surface area contributed by atoms with E-state index in [4.69, 9.17) is 0 Å². The summed E-state index contributed by atoms with van der Waals surface area (Å²) in [5, 5.41) is 2.87. The molecule has 3 N–H and O–H groups in total. The highest BCUT2D eigenvalue weighted by Crippen LogP contribution is 2.09. The summed E-state index contributed by atoms with van der Waals surface area (Å²) in [6.45, 7) is 1.84. The zero-order valence-corrected chi connectivity index (χ0v) is 9.34. The molecule has 0 radical (unpaired) electrons. The van der Waals surface area contributed by atoms with Gasteiger partial charge in [0, 0.05) is 0 Å². The highest BCUT2D eigenvalue weighted by Gasteiger charge is 2.04. The number of fused-ring (bicyclic) bond motifs is 1. The molecule has 0 aromatic carbocycles. The van der Waals surface area contributed by atoms with Crippen molar-refractivity contribution in [2.45, 2.75) is 12.3 Å². The van der Waals surface area contributed by atoms with Gasteiger partial charge in [0.1, 0.15) is 5.82 Å². The Morgan fingerprint density at radius 2 is 2.12 bits per heavy atom. The molecule has 0 bridgehead atoms. The van der Waals surface area contributed by atoms with Gasteiger partial charge >= 0.3 is 5.69 Å². The lowest BCUT2D eigenvalue weighted by Crippen LogP contribution is -2.23. The van der Waals surface area contributed by atoms with Crippen LogP contribution >= 0.6 is 12.6 Å². The molecule has 6 nitrogen and oxygen atoms in total. The quantitative estimate of drug-likeness (QED) is 0.447. The lowest BCUT2D eigenvalue weighted by atomic mass is 10.3. The maximum absolute atomic E-state index is 11.5. The first-order valence-corrected chi connectivity index (χ1v) is 5.16. The molecule has 84 valence electrons. The Balaban J connectivity index is 2.62. The molecule has 0 amide bonds. The Labute approximate surface area is 95.5 Å². The minimum Gasteiger partial charge on any atom is -0.359 e. The average molecular weight is 238 g/mol. The van der Waals surface area contributed by atoms with Gasteiger partial charge in [0.25, 0.3) is 5.56 Å². The van der Waals surface area contributed by atoms with Gasteiger partial charge in [-0.1, -0.05) is 0 Å². The standard InChI is InChI=1S/C9H10N4O2S/c1-4(16)10-6-3-2-5-7(12-6)8(14)13-9(15)11-5/h2-4,16H,1H3,(H,10,12)(H2,11,13,14,15). The van der Waals surface area contributed by atoms with E-state index in [1.807, 2.05) is 6.92 Å². The molecule has 0 aliphatic heterocycles. The zero-order valence-electron chi connectivity index (χ0n) is 8.44. The Bertz CT molecular complexity index is 631. The van der Waals surface area contributed by atoms with E-state index in [9.17, 15) is 9.59 Å². The number of aromatic amines is 2. The average Bonchev–Trinajstić information content (AvgIpc) is 2.18. The highest BCUT2D eigenvalue weighted by molar-refractivity contribution is 7.81. The van der Waals surface area contributed by atoms with Crippen LogP contribution in [0.1, 0.15) is 6.92 Å². The third kappa shape index (κ3) is 2.08. The summed E-state index contributed by atoms with van der Waals surface area (Å²) in [5.41, 5.74) is -0.443. The summed E-state index contributed by atoms with van der Waals surface area (Å²) in [6.07, 6.45) is 0. The number of anilines is 1. The van der Waals surface area contributed by atoms with Gasteiger partial charge in [-0.2, -0.15) is 12.6 Å². The predicted octanol–water partition coefficient (Wildman–Crippen LogP) is 0.299. The minimum absolute atomic E-state index is 0.0770. The van der Waals surface area contributed by atoms with E-state index < -0.39 is 11.2 Å². The van der Waals surface area contributed by atoms with Gasteiger partial charge in [-0.25, -0.2) is 9.78 Å². The Morgan fingerprint density at radius 3 is 2.81 bits per heavy atom.